The van der Waals surface area contributed by atoms with Gasteiger partial charge in [-0.05, 0) is 48.9 Å². The third kappa shape index (κ3) is 6.05. The van der Waals surface area contributed by atoms with E-state index in [2.05, 4.69) is 5.32 Å². The molecule has 0 fully saturated rings. The number of halogens is 2. The minimum atomic E-state index is -0.379. The van der Waals surface area contributed by atoms with E-state index in [0.29, 0.717) is 40.1 Å². The molecular formula is C25H27ClFNO4. The molecule has 3 rings (SSSR count). The largest absolute Gasteiger partial charge is 0.493 e. The van der Waals surface area contributed by atoms with Crippen molar-refractivity contribution in [1.82, 2.24) is 5.32 Å². The smallest absolute Gasteiger partial charge is 0.166 e. The highest BCUT2D eigenvalue weighted by Gasteiger charge is 2.12. The molecular weight excluding hydrogens is 433 g/mol. The lowest BCUT2D eigenvalue weighted by Gasteiger charge is -2.16. The Kier molecular flexibility index (Phi) is 8.59. The molecule has 0 saturated heterocycles. The van der Waals surface area contributed by atoms with Gasteiger partial charge in [-0.25, -0.2) is 4.39 Å². The molecule has 0 saturated carbocycles. The van der Waals surface area contributed by atoms with Gasteiger partial charge in [0.15, 0.2) is 23.0 Å². The average Bonchev–Trinajstić information content (AvgIpc) is 2.81. The summed E-state index contributed by atoms with van der Waals surface area (Å²) in [6.07, 6.45) is 0.825. The maximum Gasteiger partial charge on any atom is 0.166 e. The van der Waals surface area contributed by atoms with Gasteiger partial charge < -0.3 is 24.3 Å². The first kappa shape index (κ1) is 23.7. The molecule has 3 aromatic rings. The maximum atomic E-state index is 13.3. The number of nitrogens with one attached hydrogen (secondary N) is 1. The molecule has 5 nitrogen and oxygen atoms in total. The third-order valence-corrected chi connectivity index (χ3v) is 5.37. The van der Waals surface area contributed by atoms with Crippen molar-refractivity contribution in [3.8, 4) is 23.0 Å². The van der Waals surface area contributed by atoms with Crippen molar-refractivity contribution >= 4 is 11.6 Å². The van der Waals surface area contributed by atoms with Gasteiger partial charge in [0.25, 0.3) is 0 Å². The summed E-state index contributed by atoms with van der Waals surface area (Å²) >= 11 is 6.13. The van der Waals surface area contributed by atoms with Crippen LogP contribution in [0.2, 0.25) is 5.02 Å². The van der Waals surface area contributed by atoms with Crippen molar-refractivity contribution in [3.63, 3.8) is 0 Å². The molecule has 0 aliphatic heterocycles. The fraction of sp³-hybridized carbons (Fsp3) is 0.280. The van der Waals surface area contributed by atoms with Crippen molar-refractivity contribution in [1.29, 1.82) is 0 Å². The van der Waals surface area contributed by atoms with Gasteiger partial charge in [0.05, 0.1) is 26.4 Å². The molecule has 32 heavy (non-hydrogen) atoms. The summed E-state index contributed by atoms with van der Waals surface area (Å²) in [5, 5.41) is 3.77. The fourth-order valence-corrected chi connectivity index (χ4v) is 3.53. The quantitative estimate of drug-likeness (QED) is 0.388. The van der Waals surface area contributed by atoms with E-state index in [0.717, 1.165) is 24.1 Å². The molecule has 0 aromatic heterocycles. The first-order valence-corrected chi connectivity index (χ1v) is 10.6. The Bertz CT molecular complexity index is 1040. The second-order valence-corrected chi connectivity index (χ2v) is 7.50. The van der Waals surface area contributed by atoms with Crippen LogP contribution in [0.15, 0.2) is 54.6 Å². The minimum Gasteiger partial charge on any atom is -0.493 e. The van der Waals surface area contributed by atoms with E-state index in [4.69, 9.17) is 30.5 Å². The van der Waals surface area contributed by atoms with Crippen LogP contribution in [0.1, 0.15) is 16.7 Å². The molecule has 0 amide bonds. The number of ether oxygens (including phenoxy) is 4. The number of hydrogen-bond acceptors (Lipinski definition) is 5. The van der Waals surface area contributed by atoms with Gasteiger partial charge in [0.1, 0.15) is 12.4 Å². The Labute approximate surface area is 193 Å². The molecule has 7 heteroatoms. The lowest BCUT2D eigenvalue weighted by Crippen LogP contribution is -2.17. The van der Waals surface area contributed by atoms with E-state index in [1.54, 1.807) is 27.4 Å². The fourth-order valence-electron chi connectivity index (χ4n) is 3.31. The third-order valence-electron chi connectivity index (χ3n) is 5.02. The number of hydrogen-bond donors (Lipinski definition) is 1. The summed E-state index contributed by atoms with van der Waals surface area (Å²) in [6, 6.07) is 15.9. The van der Waals surface area contributed by atoms with Gasteiger partial charge in [-0.15, -0.1) is 0 Å². The van der Waals surface area contributed by atoms with Crippen LogP contribution in [0.5, 0.6) is 23.0 Å². The first-order valence-electron chi connectivity index (χ1n) is 10.2. The molecule has 3 aromatic carbocycles. The SMILES string of the molecule is COc1ccc(CCNCc2cccc(OC)c2OCc2ccc(F)cc2Cl)cc1OC. The van der Waals surface area contributed by atoms with Gasteiger partial charge in [0.2, 0.25) is 0 Å². The van der Waals surface area contributed by atoms with Gasteiger partial charge in [-0.3, -0.25) is 0 Å². The van der Waals surface area contributed by atoms with Crippen LogP contribution in [0, 0.1) is 5.82 Å². The molecule has 0 aliphatic carbocycles. The van der Waals surface area contributed by atoms with Gasteiger partial charge in [-0.2, -0.15) is 0 Å². The zero-order valence-electron chi connectivity index (χ0n) is 18.4. The average molecular weight is 460 g/mol. The number of benzene rings is 3. The Morgan fingerprint density at radius 2 is 1.62 bits per heavy atom. The Hall–Kier alpha value is -2.96. The van der Waals surface area contributed by atoms with Crippen molar-refractivity contribution in [2.75, 3.05) is 27.9 Å². The maximum absolute atomic E-state index is 13.3. The van der Waals surface area contributed by atoms with E-state index < -0.39 is 0 Å². The molecule has 0 radical (unpaired) electrons. The second kappa shape index (κ2) is 11.6. The first-order chi connectivity index (χ1) is 15.5. The van der Waals surface area contributed by atoms with Crippen molar-refractivity contribution in [3.05, 3.63) is 82.1 Å². The van der Waals surface area contributed by atoms with Crippen LogP contribution in [-0.2, 0) is 19.6 Å². The van der Waals surface area contributed by atoms with Crippen LogP contribution in [-0.4, -0.2) is 27.9 Å². The predicted octanol–water partition coefficient (Wildman–Crippen LogP) is 5.42. The zero-order valence-corrected chi connectivity index (χ0v) is 19.2. The van der Waals surface area contributed by atoms with Crippen LogP contribution in [0.3, 0.4) is 0 Å². The molecule has 0 atom stereocenters. The number of para-hydroxylation sites is 1. The Morgan fingerprint density at radius 1 is 0.844 bits per heavy atom. The highest BCUT2D eigenvalue weighted by molar-refractivity contribution is 6.31. The zero-order chi connectivity index (χ0) is 22.9. The standard InChI is InChI=1S/C25H27ClFNO4/c1-29-22-10-7-17(13-24(22)31-3)11-12-28-15-18-5-4-6-23(30-2)25(18)32-16-19-8-9-20(27)14-21(19)26/h4-10,13-14,28H,11-12,15-16H2,1-3H3. The van der Waals surface area contributed by atoms with E-state index >= 15 is 0 Å². The lowest BCUT2D eigenvalue weighted by molar-refractivity contribution is 0.280. The van der Waals surface area contributed by atoms with Crippen LogP contribution >= 0.6 is 11.6 Å². The summed E-state index contributed by atoms with van der Waals surface area (Å²) in [5.74, 6) is 2.31. The molecule has 170 valence electrons. The minimum absolute atomic E-state index is 0.206. The van der Waals surface area contributed by atoms with Gasteiger partial charge in [0, 0.05) is 17.7 Å². The van der Waals surface area contributed by atoms with Crippen LogP contribution in [0.4, 0.5) is 4.39 Å². The molecule has 0 heterocycles. The van der Waals surface area contributed by atoms with E-state index in [1.807, 2.05) is 36.4 Å². The molecule has 0 unspecified atom stereocenters. The molecule has 0 bridgehead atoms. The Morgan fingerprint density at radius 3 is 2.34 bits per heavy atom. The monoisotopic (exact) mass is 459 g/mol. The summed E-state index contributed by atoms with van der Waals surface area (Å²) in [7, 11) is 4.85. The highest BCUT2D eigenvalue weighted by Crippen LogP contribution is 2.32. The van der Waals surface area contributed by atoms with Gasteiger partial charge in [-0.1, -0.05) is 35.9 Å². The summed E-state index contributed by atoms with van der Waals surface area (Å²) in [6.45, 7) is 1.56. The van der Waals surface area contributed by atoms with Gasteiger partial charge >= 0.3 is 0 Å². The number of methoxy groups -OCH3 is 3. The van der Waals surface area contributed by atoms with E-state index in [-0.39, 0.29) is 12.4 Å². The highest BCUT2D eigenvalue weighted by atomic mass is 35.5. The van der Waals surface area contributed by atoms with Crippen LogP contribution < -0.4 is 24.3 Å². The number of rotatable bonds is 11. The van der Waals surface area contributed by atoms with Crippen LogP contribution in [0.25, 0.3) is 0 Å². The molecule has 0 spiro atoms. The molecule has 0 aliphatic rings. The topological polar surface area (TPSA) is 49.0 Å². The van der Waals surface area contributed by atoms with E-state index in [9.17, 15) is 4.39 Å². The summed E-state index contributed by atoms with van der Waals surface area (Å²) < 4.78 is 35.5. The van der Waals surface area contributed by atoms with Crippen molar-refractivity contribution in [2.24, 2.45) is 0 Å². The lowest BCUT2D eigenvalue weighted by atomic mass is 10.1. The summed E-state index contributed by atoms with van der Waals surface area (Å²) in [5.41, 5.74) is 2.80. The summed E-state index contributed by atoms with van der Waals surface area (Å²) in [4.78, 5) is 0. The van der Waals surface area contributed by atoms with Crippen molar-refractivity contribution < 1.29 is 23.3 Å². The normalized spacial score (nSPS) is 10.7. The predicted molar refractivity (Wildman–Crippen MR) is 124 cm³/mol. The molecule has 1 N–H and O–H groups in total. The Balaban J connectivity index is 1.62. The van der Waals surface area contributed by atoms with Crippen molar-refractivity contribution in [2.45, 2.75) is 19.6 Å². The van der Waals surface area contributed by atoms with E-state index in [1.165, 1.54) is 12.1 Å². The second-order valence-electron chi connectivity index (χ2n) is 7.09.